The molecule has 0 aromatic heterocycles. The van der Waals surface area contributed by atoms with Crippen molar-refractivity contribution < 1.29 is 12.0 Å². The van der Waals surface area contributed by atoms with E-state index in [1.807, 2.05) is 6.08 Å². The zero-order valence-corrected chi connectivity index (χ0v) is 13.4. The normalized spacial score (nSPS) is 22.9. The number of rotatable bonds is 5. The quantitative estimate of drug-likeness (QED) is 0.689. The summed E-state index contributed by atoms with van der Waals surface area (Å²) < 4.78 is 22.2. The van der Waals surface area contributed by atoms with Gasteiger partial charge < -0.3 is 4.43 Å². The van der Waals surface area contributed by atoms with Crippen molar-refractivity contribution >= 4 is 14.1 Å². The van der Waals surface area contributed by atoms with Gasteiger partial charge in [0.15, 0.2) is 14.1 Å². The van der Waals surface area contributed by atoms with Crippen molar-refractivity contribution in [1.29, 1.82) is 0 Å². The maximum absolute atomic E-state index is 11.8. The fourth-order valence-electron chi connectivity index (χ4n) is 1.59. The van der Waals surface area contributed by atoms with Crippen LogP contribution in [0.5, 0.6) is 0 Å². The molecule has 0 saturated carbocycles. The first-order valence-corrected chi connectivity index (χ1v) is 9.69. The lowest BCUT2D eigenvalue weighted by atomic mass is 9.95. The summed E-state index contributed by atoms with van der Waals surface area (Å²) in [5, 5.41) is 0.101. The van der Waals surface area contributed by atoms with Crippen LogP contribution < -0.4 is 0 Å². The van der Waals surface area contributed by atoms with Gasteiger partial charge in [-0.25, -0.2) is 0 Å². The fraction of sp³-hybridized carbons (Fsp3) is 0.800. The highest BCUT2D eigenvalue weighted by Gasteiger charge is 2.36. The first-order valence-electron chi connectivity index (χ1n) is 7.93. The molecule has 3 heteroatoms. The molecule has 0 aromatic rings. The second-order valence-electron chi connectivity index (χ2n) is 6.45. The molecule has 0 saturated heterocycles. The molecular weight excluding hydrogens is 240 g/mol. The maximum atomic E-state index is 11.8. The summed E-state index contributed by atoms with van der Waals surface area (Å²) in [5.41, 5.74) is 0.523. The van der Waals surface area contributed by atoms with E-state index in [4.69, 9.17) is 7.17 Å². The van der Waals surface area contributed by atoms with Gasteiger partial charge in [-0.2, -0.15) is 0 Å². The standard InChI is InChI=1S/C15H28O2Si/c1-15(2,3)18(4,5)17-12-8-10-13-9-6-7-11-14(13)16/h9H,6-8,10-12H2,1-5H3/i8D,10D/t8-,10-/m0/s1. The first-order chi connectivity index (χ1) is 9.06. The Labute approximate surface area is 116 Å². The molecule has 0 aromatic carbocycles. The van der Waals surface area contributed by atoms with Crippen LogP contribution in [0.1, 0.15) is 55.6 Å². The largest absolute Gasteiger partial charge is 0.417 e. The molecule has 0 fully saturated rings. The minimum atomic E-state index is -1.89. The van der Waals surface area contributed by atoms with Crippen LogP contribution >= 0.6 is 0 Å². The summed E-state index contributed by atoms with van der Waals surface area (Å²) in [6, 6.07) is 0. The molecule has 2 atom stereocenters. The number of carbonyl (C=O) groups is 1. The van der Waals surface area contributed by atoms with Crippen molar-refractivity contribution in [2.45, 2.75) is 71.0 Å². The summed E-state index contributed by atoms with van der Waals surface area (Å²) in [6.07, 6.45) is 2.64. The Morgan fingerprint density at radius 3 is 2.67 bits per heavy atom. The van der Waals surface area contributed by atoms with Crippen LogP contribution in [0.25, 0.3) is 0 Å². The lowest BCUT2D eigenvalue weighted by molar-refractivity contribution is -0.116. The third kappa shape index (κ3) is 4.36. The number of ketones is 1. The Hall–Kier alpha value is -0.413. The second-order valence-corrected chi connectivity index (χ2v) is 11.3. The highest BCUT2D eigenvalue weighted by Crippen LogP contribution is 2.36. The Bertz CT molecular complexity index is 386. The Balaban J connectivity index is 2.61. The van der Waals surface area contributed by atoms with Crippen LogP contribution in [-0.4, -0.2) is 20.7 Å². The predicted octanol–water partition coefficient (Wildman–Crippen LogP) is 4.47. The van der Waals surface area contributed by atoms with Gasteiger partial charge >= 0.3 is 0 Å². The monoisotopic (exact) mass is 270 g/mol. The second kappa shape index (κ2) is 6.16. The van der Waals surface area contributed by atoms with Gasteiger partial charge in [-0.1, -0.05) is 26.8 Å². The molecule has 0 bridgehead atoms. The molecule has 104 valence electrons. The smallest absolute Gasteiger partial charge is 0.191 e. The van der Waals surface area contributed by atoms with E-state index in [0.717, 1.165) is 12.8 Å². The Morgan fingerprint density at radius 1 is 1.44 bits per heavy atom. The van der Waals surface area contributed by atoms with Crippen molar-refractivity contribution in [3.05, 3.63) is 11.6 Å². The van der Waals surface area contributed by atoms with Crippen LogP contribution in [0.15, 0.2) is 11.6 Å². The summed E-state index contributed by atoms with van der Waals surface area (Å²) in [7, 11) is -1.89. The third-order valence-electron chi connectivity index (χ3n) is 3.94. The molecule has 0 N–H and O–H groups in total. The zero-order valence-electron chi connectivity index (χ0n) is 14.4. The van der Waals surface area contributed by atoms with Gasteiger partial charge in [-0.15, -0.1) is 0 Å². The van der Waals surface area contributed by atoms with Crippen molar-refractivity contribution in [2.24, 2.45) is 0 Å². The van der Waals surface area contributed by atoms with E-state index < -0.39 is 21.1 Å². The molecule has 0 radical (unpaired) electrons. The average Bonchev–Trinajstić information content (AvgIpc) is 2.34. The maximum Gasteiger partial charge on any atom is 0.191 e. The minimum absolute atomic E-state index is 0.0424. The van der Waals surface area contributed by atoms with Gasteiger partial charge in [0.05, 0.1) is 0 Å². The van der Waals surface area contributed by atoms with E-state index >= 15 is 0 Å². The van der Waals surface area contributed by atoms with Crippen LogP contribution in [0.3, 0.4) is 0 Å². The molecule has 0 unspecified atom stereocenters. The van der Waals surface area contributed by atoms with Gasteiger partial charge in [0.1, 0.15) is 0 Å². The molecule has 1 aliphatic rings. The van der Waals surface area contributed by atoms with Crippen molar-refractivity contribution in [3.63, 3.8) is 0 Å². The van der Waals surface area contributed by atoms with Crippen LogP contribution in [-0.2, 0) is 9.22 Å². The van der Waals surface area contributed by atoms with Crippen molar-refractivity contribution in [3.8, 4) is 0 Å². The lowest BCUT2D eigenvalue weighted by Gasteiger charge is -2.36. The van der Waals surface area contributed by atoms with Crippen molar-refractivity contribution in [1.82, 2.24) is 0 Å². The third-order valence-corrected chi connectivity index (χ3v) is 8.44. The van der Waals surface area contributed by atoms with Crippen molar-refractivity contribution in [2.75, 3.05) is 6.61 Å². The zero-order chi connectivity index (χ0) is 15.6. The molecule has 0 aliphatic heterocycles. The van der Waals surface area contributed by atoms with E-state index in [2.05, 4.69) is 33.9 Å². The van der Waals surface area contributed by atoms with E-state index in [0.29, 0.717) is 12.0 Å². The minimum Gasteiger partial charge on any atom is -0.417 e. The topological polar surface area (TPSA) is 26.3 Å². The summed E-state index contributed by atoms with van der Waals surface area (Å²) in [4.78, 5) is 11.8. The number of hydrogen-bond acceptors (Lipinski definition) is 2. The number of hydrogen-bond donors (Lipinski definition) is 0. The van der Waals surface area contributed by atoms with Crippen LogP contribution in [0.2, 0.25) is 18.1 Å². The first kappa shape index (κ1) is 12.6. The molecule has 1 rings (SSSR count). The number of carbonyl (C=O) groups excluding carboxylic acids is 1. The highest BCUT2D eigenvalue weighted by molar-refractivity contribution is 6.74. The Kier molecular flexibility index (Phi) is 4.31. The molecule has 1 aliphatic carbocycles. The van der Waals surface area contributed by atoms with E-state index in [1.165, 1.54) is 0 Å². The lowest BCUT2D eigenvalue weighted by Crippen LogP contribution is -2.41. The van der Waals surface area contributed by atoms with Gasteiger partial charge in [-0.3, -0.25) is 4.79 Å². The molecule has 18 heavy (non-hydrogen) atoms. The van der Waals surface area contributed by atoms with Crippen LogP contribution in [0, 0.1) is 0 Å². The summed E-state index contributed by atoms with van der Waals surface area (Å²) in [5.74, 6) is 0.0424. The summed E-state index contributed by atoms with van der Waals surface area (Å²) >= 11 is 0. The van der Waals surface area contributed by atoms with Crippen LogP contribution in [0.4, 0.5) is 0 Å². The van der Waals surface area contributed by atoms with E-state index in [1.54, 1.807) is 0 Å². The Morgan fingerprint density at radius 2 is 2.11 bits per heavy atom. The van der Waals surface area contributed by atoms with Gasteiger partial charge in [0, 0.05) is 15.8 Å². The SMILES string of the molecule is [2H][C@H](CO[Si](C)(C)C(C)(C)C)[C@H]([2H])C1=CCCCC1=O. The molecule has 2 nitrogen and oxygen atoms in total. The molecule has 0 heterocycles. The molecular formula is C15H28O2Si. The van der Waals surface area contributed by atoms with Gasteiger partial charge in [0.25, 0.3) is 0 Å². The van der Waals surface area contributed by atoms with E-state index in [-0.39, 0.29) is 17.4 Å². The van der Waals surface area contributed by atoms with Gasteiger partial charge in [-0.05, 0) is 49.3 Å². The predicted molar refractivity (Wildman–Crippen MR) is 79.3 cm³/mol. The molecule has 0 spiro atoms. The number of allylic oxidation sites excluding steroid dienone is 2. The summed E-state index contributed by atoms with van der Waals surface area (Å²) in [6.45, 7) is 11.0. The van der Waals surface area contributed by atoms with Gasteiger partial charge in [0.2, 0.25) is 0 Å². The highest BCUT2D eigenvalue weighted by atomic mass is 28.4. The molecule has 0 amide bonds. The average molecular weight is 270 g/mol. The fourth-order valence-corrected chi connectivity index (χ4v) is 2.53. The number of Topliss-reactive ketones (excluding diaryl/α,β-unsaturated/α-hetero) is 1. The van der Waals surface area contributed by atoms with E-state index in [9.17, 15) is 4.79 Å².